The van der Waals surface area contributed by atoms with E-state index in [1.54, 1.807) is 24.3 Å². The number of nitrogens with zero attached hydrogens (tertiary/aromatic N) is 5. The molecule has 3 aromatic rings. The zero-order valence-electron chi connectivity index (χ0n) is 16.7. The number of carbonyl (C=O) groups is 1. The Morgan fingerprint density at radius 1 is 1.17 bits per heavy atom. The van der Waals surface area contributed by atoms with E-state index < -0.39 is 0 Å². The average molecular weight is 419 g/mol. The number of benzene rings is 2. The minimum atomic E-state index is -0.156. The van der Waals surface area contributed by atoms with Gasteiger partial charge in [-0.25, -0.2) is 0 Å². The van der Waals surface area contributed by atoms with Crippen LogP contribution in [0.4, 0.5) is 11.6 Å². The van der Waals surface area contributed by atoms with Crippen LogP contribution >= 0.6 is 11.8 Å². The smallest absolute Gasteiger partial charge is 0.234 e. The molecule has 0 aliphatic carbocycles. The van der Waals surface area contributed by atoms with Crippen LogP contribution in [0.25, 0.3) is 5.69 Å². The summed E-state index contributed by atoms with van der Waals surface area (Å²) >= 11 is 1.35. The summed E-state index contributed by atoms with van der Waals surface area (Å²) in [5, 5.41) is 21.3. The van der Waals surface area contributed by atoms with Gasteiger partial charge in [-0.1, -0.05) is 35.5 Å². The number of rotatable bonds is 6. The highest BCUT2D eigenvalue weighted by Gasteiger charge is 2.22. The third-order valence-electron chi connectivity index (χ3n) is 4.91. The Morgan fingerprint density at radius 3 is 2.67 bits per heavy atom. The summed E-state index contributed by atoms with van der Waals surface area (Å²) in [7, 11) is 0. The van der Waals surface area contributed by atoms with Crippen molar-refractivity contribution in [3.05, 3.63) is 59.7 Å². The Kier molecular flexibility index (Phi) is 6.00. The number of anilines is 2. The number of carbonyl (C=O) groups excluding carboxylic acids is 1. The van der Waals surface area contributed by atoms with Crippen molar-refractivity contribution in [1.29, 1.82) is 5.26 Å². The van der Waals surface area contributed by atoms with Crippen LogP contribution in [0, 0.1) is 18.3 Å². The molecule has 152 valence electrons. The number of hydrogen-bond acceptors (Lipinski definition) is 6. The second-order valence-electron chi connectivity index (χ2n) is 7.18. The zero-order valence-corrected chi connectivity index (χ0v) is 17.5. The molecule has 1 saturated heterocycles. The van der Waals surface area contributed by atoms with Crippen LogP contribution < -0.4 is 10.2 Å². The standard InChI is InChI=1S/C22H22N6OS/c1-16-7-9-19(10-8-16)28-21(27-11-2-3-12-27)25-26-22(28)30-15-20(29)24-18-6-4-5-17(13-18)14-23/h4-10,13H,2-3,11-12,15H2,1H3,(H,24,29). The molecule has 30 heavy (non-hydrogen) atoms. The summed E-state index contributed by atoms with van der Waals surface area (Å²) in [6, 6.07) is 17.2. The van der Waals surface area contributed by atoms with E-state index in [4.69, 9.17) is 5.26 Å². The van der Waals surface area contributed by atoms with Crippen LogP contribution in [0.1, 0.15) is 24.0 Å². The molecule has 1 amide bonds. The molecular weight excluding hydrogens is 396 g/mol. The van der Waals surface area contributed by atoms with Gasteiger partial charge in [0.2, 0.25) is 11.9 Å². The van der Waals surface area contributed by atoms with E-state index in [1.807, 2.05) is 4.57 Å². The summed E-state index contributed by atoms with van der Waals surface area (Å²) < 4.78 is 2.03. The predicted octanol–water partition coefficient (Wildman–Crippen LogP) is 3.78. The molecule has 0 radical (unpaired) electrons. The fraction of sp³-hybridized carbons (Fsp3) is 0.273. The van der Waals surface area contributed by atoms with Crippen molar-refractivity contribution in [1.82, 2.24) is 14.8 Å². The van der Waals surface area contributed by atoms with Gasteiger partial charge in [0.15, 0.2) is 5.16 Å². The molecule has 4 rings (SSSR count). The van der Waals surface area contributed by atoms with E-state index in [-0.39, 0.29) is 11.7 Å². The minimum absolute atomic E-state index is 0.156. The topological polar surface area (TPSA) is 86.8 Å². The van der Waals surface area contributed by atoms with Gasteiger partial charge < -0.3 is 10.2 Å². The molecule has 1 N–H and O–H groups in total. The van der Waals surface area contributed by atoms with Crippen LogP contribution in [-0.2, 0) is 4.79 Å². The lowest BCUT2D eigenvalue weighted by atomic mass is 10.2. The maximum atomic E-state index is 12.5. The molecule has 1 aromatic heterocycles. The van der Waals surface area contributed by atoms with Crippen LogP contribution in [0.5, 0.6) is 0 Å². The van der Waals surface area contributed by atoms with Crippen molar-refractivity contribution >= 4 is 29.3 Å². The normalized spacial score (nSPS) is 13.3. The monoisotopic (exact) mass is 418 g/mol. The van der Waals surface area contributed by atoms with Gasteiger partial charge in [0.25, 0.3) is 0 Å². The number of nitriles is 1. The fourth-order valence-corrected chi connectivity index (χ4v) is 4.14. The van der Waals surface area contributed by atoms with Crippen LogP contribution in [0.3, 0.4) is 0 Å². The number of aromatic nitrogens is 3. The summed E-state index contributed by atoms with van der Waals surface area (Å²) in [4.78, 5) is 14.7. The zero-order chi connectivity index (χ0) is 20.9. The number of amides is 1. The highest BCUT2D eigenvalue weighted by Crippen LogP contribution is 2.28. The summed E-state index contributed by atoms with van der Waals surface area (Å²) in [6.45, 7) is 3.98. The molecule has 0 saturated carbocycles. The number of aryl methyl sites for hydroxylation is 1. The lowest BCUT2D eigenvalue weighted by Gasteiger charge is -2.18. The van der Waals surface area contributed by atoms with Gasteiger partial charge in [-0.15, -0.1) is 10.2 Å². The van der Waals surface area contributed by atoms with Gasteiger partial charge in [-0.2, -0.15) is 5.26 Å². The third kappa shape index (κ3) is 4.47. The van der Waals surface area contributed by atoms with E-state index in [1.165, 1.54) is 17.3 Å². The molecule has 0 unspecified atom stereocenters. The molecule has 7 nitrogen and oxygen atoms in total. The minimum Gasteiger partial charge on any atom is -0.341 e. The van der Waals surface area contributed by atoms with Gasteiger partial charge >= 0.3 is 0 Å². The fourth-order valence-electron chi connectivity index (χ4n) is 3.39. The highest BCUT2D eigenvalue weighted by atomic mass is 32.2. The van der Waals surface area contributed by atoms with Crippen LogP contribution in [-0.4, -0.2) is 39.5 Å². The van der Waals surface area contributed by atoms with Crippen molar-refractivity contribution in [2.45, 2.75) is 24.9 Å². The maximum absolute atomic E-state index is 12.5. The Labute approximate surface area is 179 Å². The second-order valence-corrected chi connectivity index (χ2v) is 8.12. The molecule has 0 bridgehead atoms. The Morgan fingerprint density at radius 2 is 1.93 bits per heavy atom. The molecule has 1 fully saturated rings. The number of nitrogens with one attached hydrogen (secondary N) is 1. The van der Waals surface area contributed by atoms with Crippen molar-refractivity contribution in [2.75, 3.05) is 29.1 Å². The van der Waals surface area contributed by atoms with Crippen LogP contribution in [0.2, 0.25) is 0 Å². The molecule has 1 aliphatic heterocycles. The van der Waals surface area contributed by atoms with Gasteiger partial charge in [-0.05, 0) is 50.1 Å². The quantitative estimate of drug-likeness (QED) is 0.613. The second kappa shape index (κ2) is 9.01. The number of hydrogen-bond donors (Lipinski definition) is 1. The first-order chi connectivity index (χ1) is 14.6. The summed E-state index contributed by atoms with van der Waals surface area (Å²) in [5.41, 5.74) is 3.28. The van der Waals surface area contributed by atoms with E-state index in [0.717, 1.165) is 37.6 Å². The maximum Gasteiger partial charge on any atom is 0.234 e. The summed E-state index contributed by atoms with van der Waals surface area (Å²) in [6.07, 6.45) is 2.29. The lowest BCUT2D eigenvalue weighted by Crippen LogP contribution is -2.22. The van der Waals surface area contributed by atoms with E-state index in [9.17, 15) is 4.79 Å². The highest BCUT2D eigenvalue weighted by molar-refractivity contribution is 7.99. The first kappa shape index (κ1) is 20.0. The molecule has 1 aliphatic rings. The third-order valence-corrected chi connectivity index (χ3v) is 5.83. The lowest BCUT2D eigenvalue weighted by molar-refractivity contribution is -0.113. The Bertz CT molecular complexity index is 1080. The van der Waals surface area contributed by atoms with Crippen molar-refractivity contribution < 1.29 is 4.79 Å². The van der Waals surface area contributed by atoms with Gasteiger partial charge in [0.05, 0.1) is 23.1 Å². The molecule has 0 atom stereocenters. The molecular formula is C22H22N6OS. The molecule has 8 heteroatoms. The van der Waals surface area contributed by atoms with Gasteiger partial charge in [-0.3, -0.25) is 9.36 Å². The van der Waals surface area contributed by atoms with Crippen molar-refractivity contribution in [2.24, 2.45) is 0 Å². The summed E-state index contributed by atoms with van der Waals surface area (Å²) in [5.74, 6) is 0.859. The molecule has 2 heterocycles. The van der Waals surface area contributed by atoms with Crippen molar-refractivity contribution in [3.63, 3.8) is 0 Å². The van der Waals surface area contributed by atoms with Crippen molar-refractivity contribution in [3.8, 4) is 11.8 Å². The Hall–Kier alpha value is -3.31. The first-order valence-corrected chi connectivity index (χ1v) is 10.8. The SMILES string of the molecule is Cc1ccc(-n2c(SCC(=O)Nc3cccc(C#N)c3)nnc2N2CCCC2)cc1. The Balaban J connectivity index is 1.52. The van der Waals surface area contributed by atoms with E-state index >= 15 is 0 Å². The van der Waals surface area contributed by atoms with Gasteiger partial charge in [0.1, 0.15) is 0 Å². The number of thioether (sulfide) groups is 1. The van der Waals surface area contributed by atoms with Gasteiger partial charge in [0, 0.05) is 18.8 Å². The van der Waals surface area contributed by atoms with E-state index in [0.29, 0.717) is 16.4 Å². The van der Waals surface area contributed by atoms with Crippen LogP contribution in [0.15, 0.2) is 53.7 Å². The molecule has 0 spiro atoms. The first-order valence-electron chi connectivity index (χ1n) is 9.84. The predicted molar refractivity (Wildman–Crippen MR) is 118 cm³/mol. The average Bonchev–Trinajstić information content (AvgIpc) is 3.43. The largest absolute Gasteiger partial charge is 0.341 e. The van der Waals surface area contributed by atoms with E-state index in [2.05, 4.69) is 57.7 Å². The molecule has 2 aromatic carbocycles.